The Morgan fingerprint density at radius 1 is 1.08 bits per heavy atom. The van der Waals surface area contributed by atoms with E-state index in [1.165, 1.54) is 5.56 Å². The zero-order valence-electron chi connectivity index (χ0n) is 16.4. The highest BCUT2D eigenvalue weighted by atomic mass is 16.5. The number of benzene rings is 2. The molecule has 0 radical (unpaired) electrons. The molecule has 2 aromatic carbocycles. The van der Waals surface area contributed by atoms with E-state index in [9.17, 15) is 0 Å². The summed E-state index contributed by atoms with van der Waals surface area (Å²) in [6.45, 7) is 2.85. The van der Waals surface area contributed by atoms with Gasteiger partial charge in [0, 0.05) is 19.2 Å². The molecule has 26 heavy (non-hydrogen) atoms. The van der Waals surface area contributed by atoms with E-state index < -0.39 is 0 Å². The van der Waals surface area contributed by atoms with Crippen LogP contribution in [0.5, 0.6) is 5.75 Å². The topological polar surface area (TPSA) is 48.9 Å². The Morgan fingerprint density at radius 2 is 1.73 bits per heavy atom. The van der Waals surface area contributed by atoms with Crippen LogP contribution in [0.1, 0.15) is 30.1 Å². The molecule has 2 unspecified atom stereocenters. The van der Waals surface area contributed by atoms with Crippen molar-refractivity contribution in [1.82, 2.24) is 15.5 Å². The smallest absolute Gasteiger partial charge is 0.191 e. The standard InChI is InChI=1S/C21H30N4O/c1-16(17-11-7-6-8-12-17)24-21(22-2)23-15-19(25(3)4)18-13-9-10-14-20(18)26-5/h6-14,16,19H,15H2,1-5H3,(H2,22,23,24). The first kappa shape index (κ1) is 19.8. The van der Waals surface area contributed by atoms with Crippen molar-refractivity contribution in [2.45, 2.75) is 19.0 Å². The van der Waals surface area contributed by atoms with E-state index in [4.69, 9.17) is 4.74 Å². The molecule has 0 bridgehead atoms. The average molecular weight is 354 g/mol. The molecule has 5 nitrogen and oxygen atoms in total. The number of para-hydroxylation sites is 1. The molecule has 0 fully saturated rings. The van der Waals surface area contributed by atoms with Crippen LogP contribution in [0.4, 0.5) is 0 Å². The lowest BCUT2D eigenvalue weighted by Gasteiger charge is -2.28. The first-order valence-electron chi connectivity index (χ1n) is 8.88. The number of hydrogen-bond acceptors (Lipinski definition) is 3. The third-order valence-electron chi connectivity index (χ3n) is 4.46. The van der Waals surface area contributed by atoms with Gasteiger partial charge in [-0.1, -0.05) is 48.5 Å². The summed E-state index contributed by atoms with van der Waals surface area (Å²) in [5.74, 6) is 1.68. The summed E-state index contributed by atoms with van der Waals surface area (Å²) in [6.07, 6.45) is 0. The van der Waals surface area contributed by atoms with Crippen LogP contribution in [0, 0.1) is 0 Å². The zero-order valence-corrected chi connectivity index (χ0v) is 16.4. The van der Waals surface area contributed by atoms with Crippen molar-refractivity contribution in [3.05, 3.63) is 65.7 Å². The summed E-state index contributed by atoms with van der Waals surface area (Å²) in [5, 5.41) is 6.89. The minimum Gasteiger partial charge on any atom is -0.496 e. The third kappa shape index (κ3) is 5.23. The fourth-order valence-electron chi connectivity index (χ4n) is 2.93. The van der Waals surface area contributed by atoms with Gasteiger partial charge in [-0.3, -0.25) is 4.99 Å². The fraction of sp³-hybridized carbons (Fsp3) is 0.381. The molecule has 5 heteroatoms. The van der Waals surface area contributed by atoms with Crippen LogP contribution in [-0.2, 0) is 0 Å². The van der Waals surface area contributed by atoms with Crippen LogP contribution in [0.2, 0.25) is 0 Å². The van der Waals surface area contributed by atoms with Crippen LogP contribution in [0.3, 0.4) is 0 Å². The van der Waals surface area contributed by atoms with Gasteiger partial charge in [-0.2, -0.15) is 0 Å². The second kappa shape index (κ2) is 9.82. The van der Waals surface area contributed by atoms with Gasteiger partial charge in [0.05, 0.1) is 19.2 Å². The predicted octanol–water partition coefficient (Wildman–Crippen LogP) is 3.22. The molecular weight excluding hydrogens is 324 g/mol. The lowest BCUT2D eigenvalue weighted by atomic mass is 10.0. The van der Waals surface area contributed by atoms with Crippen LogP contribution in [0.25, 0.3) is 0 Å². The largest absolute Gasteiger partial charge is 0.496 e. The summed E-state index contributed by atoms with van der Waals surface area (Å²) < 4.78 is 5.53. The van der Waals surface area contributed by atoms with Gasteiger partial charge in [0.25, 0.3) is 0 Å². The van der Waals surface area contributed by atoms with Crippen molar-refractivity contribution in [1.29, 1.82) is 0 Å². The Labute approximate surface area is 157 Å². The van der Waals surface area contributed by atoms with E-state index in [-0.39, 0.29) is 12.1 Å². The number of nitrogens with one attached hydrogen (secondary N) is 2. The third-order valence-corrected chi connectivity index (χ3v) is 4.46. The Morgan fingerprint density at radius 3 is 2.35 bits per heavy atom. The summed E-state index contributed by atoms with van der Waals surface area (Å²) >= 11 is 0. The van der Waals surface area contributed by atoms with Gasteiger partial charge in [0.1, 0.15) is 5.75 Å². The summed E-state index contributed by atoms with van der Waals surface area (Å²) in [6, 6.07) is 18.8. The fourth-order valence-corrected chi connectivity index (χ4v) is 2.93. The molecule has 0 aliphatic heterocycles. The maximum absolute atomic E-state index is 5.53. The monoisotopic (exact) mass is 354 g/mol. The minimum atomic E-state index is 0.164. The van der Waals surface area contributed by atoms with E-state index in [0.29, 0.717) is 6.54 Å². The predicted molar refractivity (Wildman–Crippen MR) is 109 cm³/mol. The maximum atomic E-state index is 5.53. The highest BCUT2D eigenvalue weighted by Crippen LogP contribution is 2.27. The molecular formula is C21H30N4O. The van der Waals surface area contributed by atoms with E-state index in [1.54, 1.807) is 14.2 Å². The van der Waals surface area contributed by atoms with Crippen LogP contribution < -0.4 is 15.4 Å². The second-order valence-corrected chi connectivity index (χ2v) is 6.45. The number of guanidine groups is 1. The van der Waals surface area contributed by atoms with Gasteiger partial charge in [0.15, 0.2) is 5.96 Å². The normalized spacial score (nSPS) is 14.0. The number of likely N-dealkylation sites (N-methyl/N-ethyl adjacent to an activating group) is 1. The highest BCUT2D eigenvalue weighted by Gasteiger charge is 2.19. The summed E-state index contributed by atoms with van der Waals surface area (Å²) in [5.41, 5.74) is 2.38. The quantitative estimate of drug-likeness (QED) is 0.592. The SMILES string of the molecule is CN=C(NCC(c1ccccc1OC)N(C)C)NC(C)c1ccccc1. The number of rotatable bonds is 7. The maximum Gasteiger partial charge on any atom is 0.191 e. The average Bonchev–Trinajstić information content (AvgIpc) is 2.67. The van der Waals surface area contributed by atoms with E-state index in [2.05, 4.69) is 59.7 Å². The van der Waals surface area contributed by atoms with Gasteiger partial charge in [-0.15, -0.1) is 0 Å². The second-order valence-electron chi connectivity index (χ2n) is 6.45. The molecule has 0 saturated carbocycles. The van der Waals surface area contributed by atoms with Gasteiger partial charge in [-0.05, 0) is 32.6 Å². The van der Waals surface area contributed by atoms with Crippen molar-refractivity contribution < 1.29 is 4.74 Å². The Balaban J connectivity index is 2.05. The molecule has 2 atom stereocenters. The lowest BCUT2D eigenvalue weighted by Crippen LogP contribution is -2.42. The van der Waals surface area contributed by atoms with E-state index in [1.807, 2.05) is 36.4 Å². The number of ether oxygens (including phenoxy) is 1. The molecule has 0 spiro atoms. The first-order valence-corrected chi connectivity index (χ1v) is 8.88. The van der Waals surface area contributed by atoms with Gasteiger partial charge >= 0.3 is 0 Å². The van der Waals surface area contributed by atoms with E-state index >= 15 is 0 Å². The molecule has 140 valence electrons. The van der Waals surface area contributed by atoms with Crippen LogP contribution in [0.15, 0.2) is 59.6 Å². The summed E-state index contributed by atoms with van der Waals surface area (Å²) in [4.78, 5) is 6.55. The number of aliphatic imine (C=N–C) groups is 1. The molecule has 0 saturated heterocycles. The molecule has 2 N–H and O–H groups in total. The molecule has 0 aliphatic rings. The highest BCUT2D eigenvalue weighted by molar-refractivity contribution is 5.80. The van der Waals surface area contributed by atoms with Gasteiger partial charge < -0.3 is 20.3 Å². The van der Waals surface area contributed by atoms with Crippen molar-refractivity contribution in [2.75, 3.05) is 34.8 Å². The van der Waals surface area contributed by atoms with Crippen molar-refractivity contribution >= 4 is 5.96 Å². The van der Waals surface area contributed by atoms with Crippen molar-refractivity contribution in [3.8, 4) is 5.75 Å². The van der Waals surface area contributed by atoms with Crippen LogP contribution >= 0.6 is 0 Å². The first-order chi connectivity index (χ1) is 12.6. The zero-order chi connectivity index (χ0) is 18.9. The number of nitrogens with zero attached hydrogens (tertiary/aromatic N) is 2. The van der Waals surface area contributed by atoms with Crippen molar-refractivity contribution in [3.63, 3.8) is 0 Å². The minimum absolute atomic E-state index is 0.164. The Hall–Kier alpha value is -2.53. The molecule has 0 heterocycles. The van der Waals surface area contributed by atoms with E-state index in [0.717, 1.165) is 17.3 Å². The van der Waals surface area contributed by atoms with Crippen molar-refractivity contribution in [2.24, 2.45) is 4.99 Å². The number of hydrogen-bond donors (Lipinski definition) is 2. The molecule has 0 aromatic heterocycles. The molecule has 0 aliphatic carbocycles. The summed E-state index contributed by atoms with van der Waals surface area (Å²) in [7, 11) is 7.64. The van der Waals surface area contributed by atoms with Gasteiger partial charge in [0.2, 0.25) is 0 Å². The number of methoxy groups -OCH3 is 1. The van der Waals surface area contributed by atoms with Crippen LogP contribution in [-0.4, -0.2) is 45.7 Å². The van der Waals surface area contributed by atoms with Gasteiger partial charge in [-0.25, -0.2) is 0 Å². The Bertz CT molecular complexity index is 700. The molecule has 2 rings (SSSR count). The lowest BCUT2D eigenvalue weighted by molar-refractivity contribution is 0.287. The molecule has 2 aromatic rings. The molecule has 0 amide bonds. The Kier molecular flexibility index (Phi) is 7.48.